The van der Waals surface area contributed by atoms with Crippen LogP contribution in [0.4, 0.5) is 5.69 Å². The maximum absolute atomic E-state index is 9.30. The Morgan fingerprint density at radius 2 is 1.95 bits per heavy atom. The number of rotatable bonds is 4. The van der Waals surface area contributed by atoms with Crippen LogP contribution in [-0.4, -0.2) is 25.3 Å². The first-order valence-corrected chi connectivity index (χ1v) is 6.61. The molecule has 0 saturated heterocycles. The van der Waals surface area contributed by atoms with E-state index in [2.05, 4.69) is 27.8 Å². The van der Waals surface area contributed by atoms with Crippen LogP contribution in [-0.2, 0) is 0 Å². The van der Waals surface area contributed by atoms with Crippen molar-refractivity contribution >= 4 is 5.69 Å². The average Bonchev–Trinajstić information content (AvgIpc) is 3.04. The molecule has 6 nitrogen and oxygen atoms in total. The Balaban J connectivity index is 1.80. The molecule has 0 aliphatic heterocycles. The van der Waals surface area contributed by atoms with Crippen LogP contribution in [0.25, 0.3) is 5.69 Å². The molecule has 0 aliphatic rings. The molecule has 0 spiro atoms. The molecule has 0 saturated carbocycles. The number of benzene rings is 2. The number of phenols is 1. The third-order valence-electron chi connectivity index (χ3n) is 3.23. The number of tetrazole rings is 1. The van der Waals surface area contributed by atoms with Crippen molar-refractivity contribution < 1.29 is 5.11 Å². The summed E-state index contributed by atoms with van der Waals surface area (Å²) < 4.78 is 1.62. The molecule has 1 aromatic heterocycles. The summed E-state index contributed by atoms with van der Waals surface area (Å²) in [5.74, 6) is 0.258. The van der Waals surface area contributed by atoms with E-state index in [1.54, 1.807) is 23.1 Å². The van der Waals surface area contributed by atoms with Gasteiger partial charge in [0.1, 0.15) is 12.1 Å². The minimum atomic E-state index is 0.117. The number of hydrogen-bond acceptors (Lipinski definition) is 5. The summed E-state index contributed by atoms with van der Waals surface area (Å²) in [6.45, 7) is 2.07. The second-order valence-electron chi connectivity index (χ2n) is 4.76. The van der Waals surface area contributed by atoms with Crippen LogP contribution < -0.4 is 5.32 Å². The normalized spacial score (nSPS) is 12.0. The average molecular weight is 281 g/mol. The zero-order chi connectivity index (χ0) is 14.7. The summed E-state index contributed by atoms with van der Waals surface area (Å²) >= 11 is 0. The van der Waals surface area contributed by atoms with Gasteiger partial charge in [0.05, 0.1) is 5.69 Å². The molecular weight excluding hydrogens is 266 g/mol. The highest BCUT2D eigenvalue weighted by Crippen LogP contribution is 2.22. The SMILES string of the molecule is CC(Nc1ccc(O)cc1)c1cccc(-n2cnnn2)c1. The Morgan fingerprint density at radius 1 is 1.14 bits per heavy atom. The number of anilines is 1. The van der Waals surface area contributed by atoms with Gasteiger partial charge in [-0.2, -0.15) is 0 Å². The number of nitrogens with one attached hydrogen (secondary N) is 1. The molecule has 1 unspecified atom stereocenters. The minimum Gasteiger partial charge on any atom is -0.508 e. The van der Waals surface area contributed by atoms with Crippen LogP contribution in [0.2, 0.25) is 0 Å². The molecule has 3 aromatic rings. The van der Waals surface area contributed by atoms with Crippen molar-refractivity contribution in [2.75, 3.05) is 5.32 Å². The Morgan fingerprint density at radius 3 is 2.67 bits per heavy atom. The molecule has 0 fully saturated rings. The van der Waals surface area contributed by atoms with E-state index in [1.165, 1.54) is 0 Å². The quantitative estimate of drug-likeness (QED) is 0.719. The summed E-state index contributed by atoms with van der Waals surface area (Å²) in [5, 5.41) is 23.9. The molecule has 0 aliphatic carbocycles. The maximum Gasteiger partial charge on any atom is 0.143 e. The van der Waals surface area contributed by atoms with E-state index in [0.717, 1.165) is 16.9 Å². The fourth-order valence-electron chi connectivity index (χ4n) is 2.11. The molecule has 2 aromatic carbocycles. The molecule has 6 heteroatoms. The van der Waals surface area contributed by atoms with Crippen molar-refractivity contribution in [2.45, 2.75) is 13.0 Å². The Hall–Kier alpha value is -2.89. The van der Waals surface area contributed by atoms with E-state index in [-0.39, 0.29) is 11.8 Å². The van der Waals surface area contributed by atoms with E-state index < -0.39 is 0 Å². The lowest BCUT2D eigenvalue weighted by atomic mass is 10.1. The third-order valence-corrected chi connectivity index (χ3v) is 3.23. The van der Waals surface area contributed by atoms with Gasteiger partial charge in [0, 0.05) is 11.7 Å². The Labute approximate surface area is 122 Å². The number of aromatic hydroxyl groups is 1. The minimum absolute atomic E-state index is 0.117. The van der Waals surface area contributed by atoms with E-state index in [4.69, 9.17) is 0 Å². The number of nitrogens with zero attached hydrogens (tertiary/aromatic N) is 4. The van der Waals surface area contributed by atoms with Crippen molar-refractivity contribution in [3.63, 3.8) is 0 Å². The first kappa shape index (κ1) is 13.1. The van der Waals surface area contributed by atoms with Crippen LogP contribution in [0.15, 0.2) is 54.9 Å². The molecule has 1 atom stereocenters. The first-order valence-electron chi connectivity index (χ1n) is 6.61. The highest BCUT2D eigenvalue weighted by molar-refractivity contribution is 5.48. The second kappa shape index (κ2) is 5.62. The van der Waals surface area contributed by atoms with Gasteiger partial charge in [-0.3, -0.25) is 0 Å². The van der Waals surface area contributed by atoms with Gasteiger partial charge in [-0.1, -0.05) is 12.1 Å². The summed E-state index contributed by atoms with van der Waals surface area (Å²) in [6.07, 6.45) is 1.57. The fourth-order valence-corrected chi connectivity index (χ4v) is 2.11. The van der Waals surface area contributed by atoms with Crippen molar-refractivity contribution in [3.8, 4) is 11.4 Å². The lowest BCUT2D eigenvalue weighted by Gasteiger charge is -2.16. The number of hydrogen-bond donors (Lipinski definition) is 2. The van der Waals surface area contributed by atoms with Crippen LogP contribution >= 0.6 is 0 Å². The molecule has 1 heterocycles. The highest BCUT2D eigenvalue weighted by Gasteiger charge is 2.07. The summed E-state index contributed by atoms with van der Waals surface area (Å²) in [4.78, 5) is 0. The van der Waals surface area contributed by atoms with Crippen molar-refractivity contribution in [3.05, 3.63) is 60.4 Å². The third kappa shape index (κ3) is 3.00. The van der Waals surface area contributed by atoms with E-state index >= 15 is 0 Å². The predicted octanol–water partition coefficient (Wildman–Crippen LogP) is 2.54. The molecule has 21 heavy (non-hydrogen) atoms. The molecule has 0 radical (unpaired) electrons. The lowest BCUT2D eigenvalue weighted by Crippen LogP contribution is -2.07. The Kier molecular flexibility index (Phi) is 3.51. The van der Waals surface area contributed by atoms with E-state index in [9.17, 15) is 5.11 Å². The molecule has 106 valence electrons. The number of phenolic OH excluding ortho intramolecular Hbond substituents is 1. The molecule has 2 N–H and O–H groups in total. The molecular formula is C15H15N5O. The zero-order valence-electron chi connectivity index (χ0n) is 11.5. The van der Waals surface area contributed by atoms with Gasteiger partial charge in [0.15, 0.2) is 0 Å². The summed E-state index contributed by atoms with van der Waals surface area (Å²) in [6, 6.07) is 15.1. The maximum atomic E-state index is 9.30. The largest absolute Gasteiger partial charge is 0.508 e. The van der Waals surface area contributed by atoms with Gasteiger partial charge in [0.2, 0.25) is 0 Å². The molecule has 3 rings (SSSR count). The van der Waals surface area contributed by atoms with E-state index in [0.29, 0.717) is 0 Å². The smallest absolute Gasteiger partial charge is 0.143 e. The monoisotopic (exact) mass is 281 g/mol. The highest BCUT2D eigenvalue weighted by atomic mass is 16.3. The number of aromatic nitrogens is 4. The topological polar surface area (TPSA) is 75.9 Å². The van der Waals surface area contributed by atoms with Crippen LogP contribution in [0.1, 0.15) is 18.5 Å². The van der Waals surface area contributed by atoms with Crippen molar-refractivity contribution in [1.82, 2.24) is 20.2 Å². The van der Waals surface area contributed by atoms with Gasteiger partial charge >= 0.3 is 0 Å². The lowest BCUT2D eigenvalue weighted by molar-refractivity contribution is 0.475. The van der Waals surface area contributed by atoms with Gasteiger partial charge in [-0.15, -0.1) is 5.10 Å². The second-order valence-corrected chi connectivity index (χ2v) is 4.76. The standard InChI is InChI=1S/C15H15N5O/c1-11(17-13-5-7-15(21)8-6-13)12-3-2-4-14(9-12)20-10-16-18-19-20/h2-11,17,21H,1H3. The van der Waals surface area contributed by atoms with E-state index in [1.807, 2.05) is 36.4 Å². The van der Waals surface area contributed by atoms with Crippen LogP contribution in [0, 0.1) is 0 Å². The predicted molar refractivity (Wildman–Crippen MR) is 79.3 cm³/mol. The van der Waals surface area contributed by atoms with Crippen LogP contribution in [0.3, 0.4) is 0 Å². The summed E-state index contributed by atoms with van der Waals surface area (Å²) in [5.41, 5.74) is 2.99. The van der Waals surface area contributed by atoms with Crippen molar-refractivity contribution in [1.29, 1.82) is 0 Å². The Bertz CT molecular complexity index is 709. The van der Waals surface area contributed by atoms with Crippen LogP contribution in [0.5, 0.6) is 5.75 Å². The van der Waals surface area contributed by atoms with Gasteiger partial charge in [-0.25, -0.2) is 4.68 Å². The van der Waals surface area contributed by atoms with Crippen molar-refractivity contribution in [2.24, 2.45) is 0 Å². The van der Waals surface area contributed by atoms with Gasteiger partial charge < -0.3 is 10.4 Å². The zero-order valence-corrected chi connectivity index (χ0v) is 11.5. The fraction of sp³-hybridized carbons (Fsp3) is 0.133. The summed E-state index contributed by atoms with van der Waals surface area (Å²) in [7, 11) is 0. The van der Waals surface area contributed by atoms with Gasteiger partial charge in [-0.05, 0) is 59.3 Å². The molecule has 0 amide bonds. The van der Waals surface area contributed by atoms with Gasteiger partial charge in [0.25, 0.3) is 0 Å². The first-order chi connectivity index (χ1) is 10.2. The molecule has 0 bridgehead atoms.